The Labute approximate surface area is 136 Å². The maximum absolute atomic E-state index is 12.3. The van der Waals surface area contributed by atoms with Crippen molar-refractivity contribution in [2.24, 2.45) is 0 Å². The number of nitrogens with one attached hydrogen (secondary N) is 1. The van der Waals surface area contributed by atoms with Crippen molar-refractivity contribution in [2.75, 3.05) is 27.2 Å². The molecule has 3 unspecified atom stereocenters. The lowest BCUT2D eigenvalue weighted by atomic mass is 10.0. The third-order valence-corrected chi connectivity index (χ3v) is 4.67. The lowest BCUT2D eigenvalue weighted by Crippen LogP contribution is -2.48. The Kier molecular flexibility index (Phi) is 5.67. The Morgan fingerprint density at radius 2 is 2.14 bits per heavy atom. The van der Waals surface area contributed by atoms with Gasteiger partial charge in [-0.25, -0.2) is 4.79 Å². The number of likely N-dealkylation sites (N-methyl/N-ethyl adjacent to an activating group) is 2. The first-order valence-corrected chi connectivity index (χ1v) is 7.91. The zero-order chi connectivity index (χ0) is 16.3. The first kappa shape index (κ1) is 17.1. The van der Waals surface area contributed by atoms with Gasteiger partial charge in [0.1, 0.15) is 0 Å². The summed E-state index contributed by atoms with van der Waals surface area (Å²) in [6.07, 6.45) is 0.900. The van der Waals surface area contributed by atoms with Gasteiger partial charge in [-0.3, -0.25) is 4.90 Å². The first-order chi connectivity index (χ1) is 10.4. The molecule has 2 amide bonds. The molecule has 1 aromatic rings. The summed E-state index contributed by atoms with van der Waals surface area (Å²) in [6, 6.07) is 7.60. The maximum atomic E-state index is 12.3. The van der Waals surface area contributed by atoms with Crippen LogP contribution in [0.2, 0.25) is 5.02 Å². The molecular formula is C16H24ClN3O2. The molecule has 1 saturated heterocycles. The van der Waals surface area contributed by atoms with Crippen LogP contribution in [-0.4, -0.2) is 60.3 Å². The number of carbonyl (C=O) groups is 1. The molecule has 6 heteroatoms. The predicted molar refractivity (Wildman–Crippen MR) is 88.1 cm³/mol. The smallest absolute Gasteiger partial charge is 0.317 e. The number of benzene rings is 1. The fraction of sp³-hybridized carbons (Fsp3) is 0.562. The molecule has 1 aromatic carbocycles. The highest BCUT2D eigenvalue weighted by molar-refractivity contribution is 6.30. The van der Waals surface area contributed by atoms with Gasteiger partial charge in [-0.2, -0.15) is 0 Å². The number of halogens is 1. The van der Waals surface area contributed by atoms with E-state index < -0.39 is 0 Å². The Morgan fingerprint density at radius 3 is 2.73 bits per heavy atom. The molecule has 22 heavy (non-hydrogen) atoms. The zero-order valence-corrected chi connectivity index (χ0v) is 14.0. The summed E-state index contributed by atoms with van der Waals surface area (Å²) in [5.41, 5.74) is 1.15. The van der Waals surface area contributed by atoms with Crippen molar-refractivity contribution >= 4 is 17.6 Å². The van der Waals surface area contributed by atoms with Crippen LogP contribution in [0.4, 0.5) is 4.79 Å². The van der Waals surface area contributed by atoms with Crippen molar-refractivity contribution < 1.29 is 9.90 Å². The van der Waals surface area contributed by atoms with Crippen molar-refractivity contribution in [3.63, 3.8) is 0 Å². The first-order valence-electron chi connectivity index (χ1n) is 7.54. The van der Waals surface area contributed by atoms with Crippen molar-refractivity contribution in [1.29, 1.82) is 0 Å². The Balaban J connectivity index is 2.09. The molecule has 1 aliphatic rings. The third kappa shape index (κ3) is 3.72. The topological polar surface area (TPSA) is 55.8 Å². The second-order valence-corrected chi connectivity index (χ2v) is 6.40. The molecule has 1 heterocycles. The maximum Gasteiger partial charge on any atom is 0.317 e. The van der Waals surface area contributed by atoms with Gasteiger partial charge in [0.25, 0.3) is 0 Å². The molecule has 0 bridgehead atoms. The SMILES string of the molecule is CC(CO)N(C)C(=O)NC1CCN(C)C1c1ccc(Cl)cc1. The second-order valence-electron chi connectivity index (χ2n) is 5.96. The highest BCUT2D eigenvalue weighted by Crippen LogP contribution is 2.31. The second kappa shape index (κ2) is 7.31. The van der Waals surface area contributed by atoms with Crippen LogP contribution in [0.25, 0.3) is 0 Å². The highest BCUT2D eigenvalue weighted by atomic mass is 35.5. The van der Waals surface area contributed by atoms with Gasteiger partial charge < -0.3 is 15.3 Å². The van der Waals surface area contributed by atoms with Crippen molar-refractivity contribution in [3.8, 4) is 0 Å². The summed E-state index contributed by atoms with van der Waals surface area (Å²) in [7, 11) is 3.76. The van der Waals surface area contributed by atoms with Gasteiger partial charge in [-0.1, -0.05) is 23.7 Å². The van der Waals surface area contributed by atoms with Crippen LogP contribution in [0.15, 0.2) is 24.3 Å². The van der Waals surface area contributed by atoms with E-state index in [-0.39, 0.29) is 30.8 Å². The summed E-state index contributed by atoms with van der Waals surface area (Å²) in [6.45, 7) is 2.70. The van der Waals surface area contributed by atoms with E-state index in [0.717, 1.165) is 18.5 Å². The van der Waals surface area contributed by atoms with E-state index in [2.05, 4.69) is 17.3 Å². The number of urea groups is 1. The summed E-state index contributed by atoms with van der Waals surface area (Å²) < 4.78 is 0. The van der Waals surface area contributed by atoms with Gasteiger partial charge in [0, 0.05) is 18.6 Å². The lowest BCUT2D eigenvalue weighted by Gasteiger charge is -2.29. The number of amides is 2. The molecule has 122 valence electrons. The Morgan fingerprint density at radius 1 is 1.50 bits per heavy atom. The van der Waals surface area contributed by atoms with E-state index in [1.165, 1.54) is 4.90 Å². The van der Waals surface area contributed by atoms with Gasteiger partial charge in [0.15, 0.2) is 0 Å². The number of carbonyl (C=O) groups excluding carboxylic acids is 1. The van der Waals surface area contributed by atoms with Crippen LogP contribution in [0.5, 0.6) is 0 Å². The zero-order valence-electron chi connectivity index (χ0n) is 13.3. The molecule has 1 aliphatic heterocycles. The number of hydrogen-bond acceptors (Lipinski definition) is 3. The molecule has 0 radical (unpaired) electrons. The van der Waals surface area contributed by atoms with E-state index in [0.29, 0.717) is 5.02 Å². The predicted octanol–water partition coefficient (Wildman–Crippen LogP) is 2.11. The molecule has 0 spiro atoms. The standard InChI is InChI=1S/C16H24ClN3O2/c1-11(10-21)20(3)16(22)18-14-8-9-19(2)15(14)12-4-6-13(17)7-5-12/h4-7,11,14-15,21H,8-10H2,1-3H3,(H,18,22). The molecule has 2 N–H and O–H groups in total. The number of aliphatic hydroxyl groups is 1. The molecule has 2 rings (SSSR count). The molecule has 0 aromatic heterocycles. The molecule has 0 aliphatic carbocycles. The largest absolute Gasteiger partial charge is 0.394 e. The number of hydrogen-bond donors (Lipinski definition) is 2. The Bertz CT molecular complexity index is 509. The van der Waals surface area contributed by atoms with Gasteiger partial charge in [0.2, 0.25) is 0 Å². The van der Waals surface area contributed by atoms with Crippen molar-refractivity contribution in [3.05, 3.63) is 34.9 Å². The fourth-order valence-electron chi connectivity index (χ4n) is 2.83. The number of likely N-dealkylation sites (tertiary alicyclic amines) is 1. The summed E-state index contributed by atoms with van der Waals surface area (Å²) in [5.74, 6) is 0. The average Bonchev–Trinajstić information content (AvgIpc) is 2.87. The Hall–Kier alpha value is -1.30. The van der Waals surface area contributed by atoms with Gasteiger partial charge in [-0.05, 0) is 38.1 Å². The van der Waals surface area contributed by atoms with Crippen LogP contribution < -0.4 is 5.32 Å². The van der Waals surface area contributed by atoms with Crippen LogP contribution in [0.1, 0.15) is 24.9 Å². The molecule has 1 fully saturated rings. The van der Waals surface area contributed by atoms with Crippen LogP contribution in [0.3, 0.4) is 0 Å². The average molecular weight is 326 g/mol. The summed E-state index contributed by atoms with van der Waals surface area (Å²) in [5, 5.41) is 13.0. The van der Waals surface area contributed by atoms with E-state index in [1.807, 2.05) is 31.2 Å². The van der Waals surface area contributed by atoms with E-state index in [1.54, 1.807) is 7.05 Å². The summed E-state index contributed by atoms with van der Waals surface area (Å²) in [4.78, 5) is 16.1. The van der Waals surface area contributed by atoms with E-state index in [9.17, 15) is 9.90 Å². The van der Waals surface area contributed by atoms with E-state index in [4.69, 9.17) is 11.6 Å². The molecule has 5 nitrogen and oxygen atoms in total. The quantitative estimate of drug-likeness (QED) is 0.891. The van der Waals surface area contributed by atoms with Gasteiger partial charge >= 0.3 is 6.03 Å². The number of rotatable bonds is 4. The monoisotopic (exact) mass is 325 g/mol. The van der Waals surface area contributed by atoms with Gasteiger partial charge in [-0.15, -0.1) is 0 Å². The number of aliphatic hydroxyl groups excluding tert-OH is 1. The normalized spacial score (nSPS) is 23.3. The van der Waals surface area contributed by atoms with Gasteiger partial charge in [0.05, 0.1) is 24.7 Å². The van der Waals surface area contributed by atoms with Crippen molar-refractivity contribution in [2.45, 2.75) is 31.5 Å². The minimum Gasteiger partial charge on any atom is -0.394 e. The number of nitrogens with zero attached hydrogens (tertiary/aromatic N) is 2. The molecule has 3 atom stereocenters. The molecular weight excluding hydrogens is 302 g/mol. The van der Waals surface area contributed by atoms with Crippen LogP contribution >= 0.6 is 11.6 Å². The van der Waals surface area contributed by atoms with Crippen molar-refractivity contribution in [1.82, 2.24) is 15.1 Å². The highest BCUT2D eigenvalue weighted by Gasteiger charge is 2.34. The lowest BCUT2D eigenvalue weighted by molar-refractivity contribution is 0.152. The summed E-state index contributed by atoms with van der Waals surface area (Å²) >= 11 is 5.95. The van der Waals surface area contributed by atoms with Crippen LogP contribution in [-0.2, 0) is 0 Å². The minimum atomic E-state index is -0.201. The van der Waals surface area contributed by atoms with E-state index >= 15 is 0 Å². The fourth-order valence-corrected chi connectivity index (χ4v) is 2.95. The molecule has 0 saturated carbocycles. The van der Waals surface area contributed by atoms with Crippen LogP contribution in [0, 0.1) is 0 Å². The minimum absolute atomic E-state index is 0.0465. The third-order valence-electron chi connectivity index (χ3n) is 4.41.